The van der Waals surface area contributed by atoms with Gasteiger partial charge in [0.15, 0.2) is 5.60 Å². The van der Waals surface area contributed by atoms with Crippen LogP contribution in [0.4, 0.5) is 10.5 Å². The lowest BCUT2D eigenvalue weighted by molar-refractivity contribution is -0.138. The van der Waals surface area contributed by atoms with Crippen molar-refractivity contribution in [2.75, 3.05) is 58.4 Å². The maximum absolute atomic E-state index is 12.8. The summed E-state index contributed by atoms with van der Waals surface area (Å²) in [5, 5.41) is 6.12. The molecule has 2 aliphatic heterocycles. The van der Waals surface area contributed by atoms with Crippen LogP contribution in [0.2, 0.25) is 0 Å². The highest BCUT2D eigenvalue weighted by molar-refractivity contribution is 5.90. The molecule has 1 aromatic carbocycles. The number of anilines is 1. The number of nitrogens with zero attached hydrogens (tertiary/aromatic N) is 2. The van der Waals surface area contributed by atoms with E-state index in [1.807, 2.05) is 18.3 Å². The van der Waals surface area contributed by atoms with Gasteiger partial charge in [0, 0.05) is 57.2 Å². The van der Waals surface area contributed by atoms with E-state index in [1.165, 1.54) is 0 Å². The van der Waals surface area contributed by atoms with E-state index in [0.29, 0.717) is 63.2 Å². The largest absolute Gasteiger partial charge is 0.478 e. The van der Waals surface area contributed by atoms with Crippen LogP contribution in [0.15, 0.2) is 48.8 Å². The molecule has 0 bridgehead atoms. The Morgan fingerprint density at radius 3 is 2.70 bits per heavy atom. The number of benzene rings is 1. The number of ether oxygens (including phenoxy) is 3. The van der Waals surface area contributed by atoms with E-state index < -0.39 is 5.60 Å². The van der Waals surface area contributed by atoms with E-state index in [4.69, 9.17) is 14.2 Å². The number of likely N-dealkylation sites (tertiary alicyclic amines) is 1. The van der Waals surface area contributed by atoms with Crippen LogP contribution in [0.25, 0.3) is 0 Å². The number of urea groups is 1. The summed E-state index contributed by atoms with van der Waals surface area (Å²) in [5.74, 6) is 0.803. The molecule has 2 aromatic rings. The van der Waals surface area contributed by atoms with Gasteiger partial charge in [0.1, 0.15) is 12.4 Å². The van der Waals surface area contributed by atoms with Crippen molar-refractivity contribution >= 4 is 17.5 Å². The SMILES string of the molecule is COCCOCC(=O)[C@@]1(Oc2ccc(NC(=O)N3CC(c4cccnc4)C3)cc2)CCNC1. The van der Waals surface area contributed by atoms with Crippen molar-refractivity contribution < 1.29 is 23.8 Å². The molecule has 3 heterocycles. The van der Waals surface area contributed by atoms with E-state index in [0.717, 1.165) is 5.56 Å². The van der Waals surface area contributed by atoms with Crippen LogP contribution in [0.5, 0.6) is 5.75 Å². The van der Waals surface area contributed by atoms with Gasteiger partial charge in [0.2, 0.25) is 5.78 Å². The molecule has 2 saturated heterocycles. The summed E-state index contributed by atoms with van der Waals surface area (Å²) in [4.78, 5) is 31.2. The number of Topliss-reactive ketones (excluding diaryl/α,β-unsaturated/α-hetero) is 1. The zero-order chi connectivity index (χ0) is 23.1. The van der Waals surface area contributed by atoms with Crippen LogP contribution in [0.3, 0.4) is 0 Å². The molecule has 1 aromatic heterocycles. The highest BCUT2D eigenvalue weighted by Crippen LogP contribution is 2.29. The molecule has 2 amide bonds. The number of carbonyl (C=O) groups is 2. The molecule has 176 valence electrons. The quantitative estimate of drug-likeness (QED) is 0.530. The molecule has 0 radical (unpaired) electrons. The van der Waals surface area contributed by atoms with Crippen LogP contribution >= 0.6 is 0 Å². The van der Waals surface area contributed by atoms with E-state index >= 15 is 0 Å². The first kappa shape index (κ1) is 23.2. The molecule has 9 nitrogen and oxygen atoms in total. The summed E-state index contributed by atoms with van der Waals surface area (Å²) >= 11 is 0. The fourth-order valence-corrected chi connectivity index (χ4v) is 4.00. The Kier molecular flexibility index (Phi) is 7.54. The Balaban J connectivity index is 1.28. The van der Waals surface area contributed by atoms with Crippen LogP contribution in [0, 0.1) is 0 Å². The van der Waals surface area contributed by atoms with Crippen molar-refractivity contribution in [3.63, 3.8) is 0 Å². The topological polar surface area (TPSA) is 102 Å². The summed E-state index contributed by atoms with van der Waals surface area (Å²) in [6.07, 6.45) is 4.17. The first-order chi connectivity index (χ1) is 16.1. The lowest BCUT2D eigenvalue weighted by atomic mass is 9.93. The molecule has 33 heavy (non-hydrogen) atoms. The average molecular weight is 455 g/mol. The predicted molar refractivity (Wildman–Crippen MR) is 123 cm³/mol. The molecule has 0 aliphatic carbocycles. The lowest BCUT2D eigenvalue weighted by Gasteiger charge is -2.39. The standard InChI is InChI=1S/C24H30N4O5/c1-31-11-12-32-16-22(29)24(8-10-26-17-24)33-21-6-4-20(5-7-21)27-23(30)28-14-19(15-28)18-3-2-9-25-13-18/h2-7,9,13,19,26H,8,10-12,14-17H2,1H3,(H,27,30)/t24-/m1/s1. The van der Waals surface area contributed by atoms with E-state index in [9.17, 15) is 9.59 Å². The predicted octanol–water partition coefficient (Wildman–Crippen LogP) is 2.06. The second kappa shape index (κ2) is 10.7. The fraction of sp³-hybridized carbons (Fsp3) is 0.458. The second-order valence-electron chi connectivity index (χ2n) is 8.33. The molecule has 0 saturated carbocycles. The summed E-state index contributed by atoms with van der Waals surface area (Å²) in [6, 6.07) is 10.9. The van der Waals surface area contributed by atoms with Gasteiger partial charge >= 0.3 is 6.03 Å². The number of hydrogen-bond acceptors (Lipinski definition) is 7. The highest BCUT2D eigenvalue weighted by Gasteiger charge is 2.43. The van der Waals surface area contributed by atoms with Gasteiger partial charge in [-0.15, -0.1) is 0 Å². The highest BCUT2D eigenvalue weighted by atomic mass is 16.5. The van der Waals surface area contributed by atoms with Crippen molar-refractivity contribution in [3.05, 3.63) is 54.4 Å². The van der Waals surface area contributed by atoms with Gasteiger partial charge in [-0.1, -0.05) is 6.07 Å². The maximum Gasteiger partial charge on any atom is 0.321 e. The van der Waals surface area contributed by atoms with E-state index in [1.54, 1.807) is 42.5 Å². The number of rotatable bonds is 10. The smallest absolute Gasteiger partial charge is 0.321 e. The van der Waals surface area contributed by atoms with Crippen LogP contribution in [-0.2, 0) is 14.3 Å². The monoisotopic (exact) mass is 454 g/mol. The molecule has 1 atom stereocenters. The third-order valence-corrected chi connectivity index (χ3v) is 6.03. The Morgan fingerprint density at radius 2 is 2.03 bits per heavy atom. The molecule has 2 N–H and O–H groups in total. The number of pyridine rings is 1. The molecular formula is C24H30N4O5. The van der Waals surface area contributed by atoms with Crippen molar-refractivity contribution in [1.82, 2.24) is 15.2 Å². The number of hydrogen-bond donors (Lipinski definition) is 2. The molecule has 2 fully saturated rings. The molecule has 0 spiro atoms. The van der Waals surface area contributed by atoms with Gasteiger partial charge < -0.3 is 29.7 Å². The van der Waals surface area contributed by atoms with E-state index in [-0.39, 0.29) is 18.4 Å². The van der Waals surface area contributed by atoms with Gasteiger partial charge in [-0.3, -0.25) is 9.78 Å². The number of aromatic nitrogens is 1. The fourth-order valence-electron chi connectivity index (χ4n) is 4.00. The minimum absolute atomic E-state index is 0.0188. The van der Waals surface area contributed by atoms with Crippen LogP contribution in [0.1, 0.15) is 17.9 Å². The van der Waals surface area contributed by atoms with Gasteiger partial charge in [0.05, 0.1) is 13.2 Å². The number of amides is 2. The number of methoxy groups -OCH3 is 1. The summed E-state index contributed by atoms with van der Waals surface area (Å²) < 4.78 is 16.5. The molecule has 2 aliphatic rings. The minimum Gasteiger partial charge on any atom is -0.478 e. The Morgan fingerprint density at radius 1 is 1.21 bits per heavy atom. The average Bonchev–Trinajstić information content (AvgIpc) is 3.27. The van der Waals surface area contributed by atoms with Gasteiger partial charge in [-0.2, -0.15) is 0 Å². The van der Waals surface area contributed by atoms with Crippen LogP contribution in [-0.4, -0.2) is 80.4 Å². The van der Waals surface area contributed by atoms with Gasteiger partial charge in [-0.25, -0.2) is 4.79 Å². The molecular weight excluding hydrogens is 424 g/mol. The lowest BCUT2D eigenvalue weighted by Crippen LogP contribution is -2.50. The van der Waals surface area contributed by atoms with Gasteiger partial charge in [-0.05, 0) is 42.4 Å². The Hall–Kier alpha value is -3.01. The zero-order valence-electron chi connectivity index (χ0n) is 18.8. The molecule has 4 rings (SSSR count). The Labute approximate surface area is 193 Å². The van der Waals surface area contributed by atoms with Crippen molar-refractivity contribution in [2.45, 2.75) is 17.9 Å². The van der Waals surface area contributed by atoms with Gasteiger partial charge in [0.25, 0.3) is 0 Å². The third-order valence-electron chi connectivity index (χ3n) is 6.03. The second-order valence-corrected chi connectivity index (χ2v) is 8.33. The van der Waals surface area contributed by atoms with Crippen LogP contribution < -0.4 is 15.4 Å². The zero-order valence-corrected chi connectivity index (χ0v) is 18.8. The number of ketones is 1. The van der Waals surface area contributed by atoms with Crippen molar-refractivity contribution in [2.24, 2.45) is 0 Å². The normalized spacial score (nSPS) is 20.3. The summed E-state index contributed by atoms with van der Waals surface area (Å²) in [7, 11) is 1.59. The Bertz CT molecular complexity index is 926. The number of carbonyl (C=O) groups excluding carboxylic acids is 2. The third kappa shape index (κ3) is 5.68. The van der Waals surface area contributed by atoms with Crippen molar-refractivity contribution in [3.8, 4) is 5.75 Å². The minimum atomic E-state index is -0.948. The maximum atomic E-state index is 12.8. The molecule has 0 unspecified atom stereocenters. The first-order valence-electron chi connectivity index (χ1n) is 11.2. The van der Waals surface area contributed by atoms with E-state index in [2.05, 4.69) is 15.6 Å². The molecule has 9 heteroatoms. The summed E-state index contributed by atoms with van der Waals surface area (Å²) in [5.41, 5.74) is 0.874. The first-order valence-corrected chi connectivity index (χ1v) is 11.2. The van der Waals surface area contributed by atoms with Crippen molar-refractivity contribution in [1.29, 1.82) is 0 Å². The summed E-state index contributed by atoms with van der Waals surface area (Å²) in [6.45, 7) is 3.26. The number of nitrogens with one attached hydrogen (secondary N) is 2.